The van der Waals surface area contributed by atoms with Crippen molar-refractivity contribution < 1.29 is 4.79 Å². The van der Waals surface area contributed by atoms with Crippen molar-refractivity contribution in [1.29, 1.82) is 0 Å². The zero-order valence-corrected chi connectivity index (χ0v) is 14.0. The molecule has 0 bridgehead atoms. The van der Waals surface area contributed by atoms with Crippen molar-refractivity contribution in [3.63, 3.8) is 0 Å². The Morgan fingerprint density at radius 2 is 1.63 bits per heavy atom. The molecular formula is C16H34N2O. The SMILES string of the molecule is CC(C)N[C@H](CCCCNC(C)(C)C)C(=O)C(C)C. The molecule has 0 spiro atoms. The average molecular weight is 270 g/mol. The summed E-state index contributed by atoms with van der Waals surface area (Å²) in [6, 6.07) is 0.384. The molecule has 19 heavy (non-hydrogen) atoms. The Kier molecular flexibility index (Phi) is 8.51. The second-order valence-electron chi connectivity index (χ2n) is 7.10. The molecule has 0 rings (SSSR count). The van der Waals surface area contributed by atoms with Crippen LogP contribution >= 0.6 is 0 Å². The quantitative estimate of drug-likeness (QED) is 0.632. The highest BCUT2D eigenvalue weighted by Gasteiger charge is 2.21. The summed E-state index contributed by atoms with van der Waals surface area (Å²) in [5, 5.41) is 6.88. The molecule has 0 aromatic carbocycles. The fourth-order valence-electron chi connectivity index (χ4n) is 2.05. The van der Waals surface area contributed by atoms with Gasteiger partial charge in [0.2, 0.25) is 0 Å². The minimum Gasteiger partial charge on any atom is -0.312 e. The van der Waals surface area contributed by atoms with E-state index < -0.39 is 0 Å². The average Bonchev–Trinajstić information content (AvgIpc) is 2.23. The monoisotopic (exact) mass is 270 g/mol. The van der Waals surface area contributed by atoms with Crippen LogP contribution in [0.25, 0.3) is 0 Å². The van der Waals surface area contributed by atoms with Gasteiger partial charge in [-0.25, -0.2) is 0 Å². The van der Waals surface area contributed by atoms with Crippen LogP contribution in [-0.2, 0) is 4.79 Å². The van der Waals surface area contributed by atoms with Crippen LogP contribution < -0.4 is 10.6 Å². The Morgan fingerprint density at radius 3 is 2.05 bits per heavy atom. The third-order valence-corrected chi connectivity index (χ3v) is 3.02. The summed E-state index contributed by atoms with van der Waals surface area (Å²) in [4.78, 5) is 12.1. The third kappa shape index (κ3) is 10.1. The summed E-state index contributed by atoms with van der Waals surface area (Å²) in [6.07, 6.45) is 3.16. The van der Waals surface area contributed by atoms with Crippen molar-refractivity contribution in [2.45, 2.75) is 85.4 Å². The highest BCUT2D eigenvalue weighted by atomic mass is 16.1. The lowest BCUT2D eigenvalue weighted by Crippen LogP contribution is -2.43. The van der Waals surface area contributed by atoms with E-state index in [1.54, 1.807) is 0 Å². The minimum absolute atomic E-state index is 0.0228. The van der Waals surface area contributed by atoms with Gasteiger partial charge in [0.05, 0.1) is 6.04 Å². The van der Waals surface area contributed by atoms with E-state index in [0.29, 0.717) is 11.8 Å². The Balaban J connectivity index is 4.03. The first kappa shape index (κ1) is 18.6. The zero-order chi connectivity index (χ0) is 15.1. The number of unbranched alkanes of at least 4 members (excludes halogenated alkanes) is 1. The van der Waals surface area contributed by atoms with Crippen LogP contribution in [0.4, 0.5) is 0 Å². The maximum Gasteiger partial charge on any atom is 0.152 e. The summed E-state index contributed by atoms with van der Waals surface area (Å²) in [6.45, 7) is 15.7. The Morgan fingerprint density at radius 1 is 1.05 bits per heavy atom. The van der Waals surface area contributed by atoms with Crippen LogP contribution in [0.1, 0.15) is 67.7 Å². The molecule has 3 nitrogen and oxygen atoms in total. The summed E-state index contributed by atoms with van der Waals surface area (Å²) < 4.78 is 0. The largest absolute Gasteiger partial charge is 0.312 e. The molecule has 0 amide bonds. The Hall–Kier alpha value is -0.410. The van der Waals surface area contributed by atoms with E-state index in [0.717, 1.165) is 25.8 Å². The molecule has 3 heteroatoms. The molecule has 0 saturated heterocycles. The third-order valence-electron chi connectivity index (χ3n) is 3.02. The zero-order valence-electron chi connectivity index (χ0n) is 14.0. The molecule has 0 aliphatic heterocycles. The van der Waals surface area contributed by atoms with E-state index >= 15 is 0 Å². The first-order chi connectivity index (χ1) is 8.63. The summed E-state index contributed by atoms with van der Waals surface area (Å²) in [5.74, 6) is 0.460. The topological polar surface area (TPSA) is 41.1 Å². The molecule has 114 valence electrons. The normalized spacial score (nSPS) is 14.2. The van der Waals surface area contributed by atoms with Crippen molar-refractivity contribution >= 4 is 5.78 Å². The van der Waals surface area contributed by atoms with Gasteiger partial charge in [0.1, 0.15) is 0 Å². The molecule has 0 fully saturated rings. The number of nitrogens with one attached hydrogen (secondary N) is 2. The smallest absolute Gasteiger partial charge is 0.152 e. The van der Waals surface area contributed by atoms with Gasteiger partial charge in [0, 0.05) is 17.5 Å². The van der Waals surface area contributed by atoms with Crippen molar-refractivity contribution in [3.8, 4) is 0 Å². The van der Waals surface area contributed by atoms with Gasteiger partial charge in [0.25, 0.3) is 0 Å². The second-order valence-corrected chi connectivity index (χ2v) is 7.10. The maximum absolute atomic E-state index is 12.1. The number of carbonyl (C=O) groups excluding carboxylic acids is 1. The number of hydrogen-bond acceptors (Lipinski definition) is 3. The van der Waals surface area contributed by atoms with Gasteiger partial charge in [0.15, 0.2) is 5.78 Å². The Bertz CT molecular complexity index is 254. The van der Waals surface area contributed by atoms with Crippen LogP contribution in [-0.4, -0.2) is 30.0 Å². The predicted octanol–water partition coefficient (Wildman–Crippen LogP) is 3.14. The first-order valence-corrected chi connectivity index (χ1v) is 7.68. The molecule has 0 heterocycles. The highest BCUT2D eigenvalue weighted by molar-refractivity contribution is 5.85. The molecule has 0 saturated carbocycles. The predicted molar refractivity (Wildman–Crippen MR) is 83.5 cm³/mol. The van der Waals surface area contributed by atoms with Gasteiger partial charge in [-0.15, -0.1) is 0 Å². The highest BCUT2D eigenvalue weighted by Crippen LogP contribution is 2.09. The molecule has 0 unspecified atom stereocenters. The molecule has 0 aliphatic carbocycles. The molecule has 0 radical (unpaired) electrons. The van der Waals surface area contributed by atoms with E-state index in [2.05, 4.69) is 45.3 Å². The van der Waals surface area contributed by atoms with Crippen LogP contribution in [0, 0.1) is 5.92 Å². The number of hydrogen-bond donors (Lipinski definition) is 2. The van der Waals surface area contributed by atoms with E-state index in [9.17, 15) is 4.79 Å². The number of carbonyl (C=O) groups is 1. The summed E-state index contributed by atoms with van der Waals surface area (Å²) in [5.41, 5.74) is 0.184. The molecule has 0 aliphatic rings. The number of ketones is 1. The lowest BCUT2D eigenvalue weighted by Gasteiger charge is -2.23. The van der Waals surface area contributed by atoms with Crippen LogP contribution in [0.3, 0.4) is 0 Å². The summed E-state index contributed by atoms with van der Waals surface area (Å²) >= 11 is 0. The van der Waals surface area contributed by atoms with Crippen molar-refractivity contribution in [2.75, 3.05) is 6.54 Å². The van der Waals surface area contributed by atoms with Crippen molar-refractivity contribution in [1.82, 2.24) is 10.6 Å². The maximum atomic E-state index is 12.1. The number of Topliss-reactive ketones (excluding diaryl/α,β-unsaturated/α-hetero) is 1. The van der Waals surface area contributed by atoms with E-state index in [1.807, 2.05) is 13.8 Å². The van der Waals surface area contributed by atoms with Gasteiger partial charge in [-0.05, 0) is 40.2 Å². The standard InChI is InChI=1S/C16H34N2O/c1-12(2)15(19)14(18-13(3)4)10-8-9-11-17-16(5,6)7/h12-14,17-18H,8-11H2,1-7H3/t14-/m1/s1. The lowest BCUT2D eigenvalue weighted by atomic mass is 9.96. The first-order valence-electron chi connectivity index (χ1n) is 7.68. The molecule has 1 atom stereocenters. The molecule has 0 aromatic heterocycles. The van der Waals surface area contributed by atoms with Crippen LogP contribution in [0.15, 0.2) is 0 Å². The van der Waals surface area contributed by atoms with Gasteiger partial charge in [-0.3, -0.25) is 4.79 Å². The van der Waals surface area contributed by atoms with E-state index in [1.165, 1.54) is 0 Å². The van der Waals surface area contributed by atoms with Crippen LogP contribution in [0.5, 0.6) is 0 Å². The fraction of sp³-hybridized carbons (Fsp3) is 0.938. The van der Waals surface area contributed by atoms with E-state index in [-0.39, 0.29) is 17.5 Å². The van der Waals surface area contributed by atoms with Gasteiger partial charge in [-0.1, -0.05) is 34.1 Å². The molecule has 2 N–H and O–H groups in total. The van der Waals surface area contributed by atoms with Gasteiger partial charge in [-0.2, -0.15) is 0 Å². The number of rotatable bonds is 9. The van der Waals surface area contributed by atoms with Crippen LogP contribution in [0.2, 0.25) is 0 Å². The van der Waals surface area contributed by atoms with E-state index in [4.69, 9.17) is 0 Å². The van der Waals surface area contributed by atoms with Gasteiger partial charge >= 0.3 is 0 Å². The molecular weight excluding hydrogens is 236 g/mol. The molecule has 0 aromatic rings. The minimum atomic E-state index is 0.0228. The Labute approximate surface area is 119 Å². The second kappa shape index (κ2) is 8.70. The van der Waals surface area contributed by atoms with Crippen molar-refractivity contribution in [2.24, 2.45) is 5.92 Å². The lowest BCUT2D eigenvalue weighted by molar-refractivity contribution is -0.124. The summed E-state index contributed by atoms with van der Waals surface area (Å²) in [7, 11) is 0. The fourth-order valence-corrected chi connectivity index (χ4v) is 2.05. The van der Waals surface area contributed by atoms with Crippen molar-refractivity contribution in [3.05, 3.63) is 0 Å². The van der Waals surface area contributed by atoms with Gasteiger partial charge < -0.3 is 10.6 Å².